The molecule has 0 aliphatic carbocycles. The first-order chi connectivity index (χ1) is 12.7. The van der Waals surface area contributed by atoms with Crippen molar-refractivity contribution in [3.8, 4) is 0 Å². The molecular weight excluding hydrogens is 348 g/mol. The van der Waals surface area contributed by atoms with Crippen LogP contribution in [-0.4, -0.2) is 32.3 Å². The molecule has 7 heteroatoms. The predicted molar refractivity (Wildman–Crippen MR) is 103 cm³/mol. The minimum Gasteiger partial charge on any atom is -0.388 e. The van der Waals surface area contributed by atoms with Gasteiger partial charge in [0.05, 0.1) is 6.10 Å². The van der Waals surface area contributed by atoms with Crippen LogP contribution < -0.4 is 10.5 Å². The van der Waals surface area contributed by atoms with Gasteiger partial charge in [-0.25, -0.2) is 4.98 Å². The number of hydrogen-bond acceptors (Lipinski definition) is 6. The highest BCUT2D eigenvalue weighted by atomic mass is 32.1. The SMILES string of the molecule is O=c1ccnc2sc(N3CCCCCC3CC(O)c3ccccc3)nn12. The van der Waals surface area contributed by atoms with Crippen molar-refractivity contribution < 1.29 is 5.11 Å². The number of anilines is 1. The molecule has 1 aliphatic rings. The van der Waals surface area contributed by atoms with Crippen LogP contribution in [-0.2, 0) is 0 Å². The van der Waals surface area contributed by atoms with E-state index in [4.69, 9.17) is 0 Å². The Bertz CT molecular complexity index is 924. The smallest absolute Gasteiger partial charge is 0.275 e. The van der Waals surface area contributed by atoms with E-state index in [9.17, 15) is 9.90 Å². The summed E-state index contributed by atoms with van der Waals surface area (Å²) < 4.78 is 1.37. The van der Waals surface area contributed by atoms with Gasteiger partial charge in [0.15, 0.2) is 0 Å². The first-order valence-corrected chi connectivity index (χ1v) is 9.88. The Balaban J connectivity index is 1.62. The van der Waals surface area contributed by atoms with Gasteiger partial charge in [-0.3, -0.25) is 4.79 Å². The quantitative estimate of drug-likeness (QED) is 0.764. The largest absolute Gasteiger partial charge is 0.388 e. The first kappa shape index (κ1) is 17.2. The van der Waals surface area contributed by atoms with Crippen LogP contribution in [0.25, 0.3) is 4.96 Å². The highest BCUT2D eigenvalue weighted by molar-refractivity contribution is 7.20. The highest BCUT2D eigenvalue weighted by Gasteiger charge is 2.27. The number of hydrogen-bond donors (Lipinski definition) is 1. The number of nitrogens with zero attached hydrogens (tertiary/aromatic N) is 4. The summed E-state index contributed by atoms with van der Waals surface area (Å²) >= 11 is 1.44. The van der Waals surface area contributed by atoms with Gasteiger partial charge in [-0.2, -0.15) is 4.52 Å². The van der Waals surface area contributed by atoms with Crippen LogP contribution in [0.3, 0.4) is 0 Å². The second-order valence-electron chi connectivity index (χ2n) is 6.72. The molecule has 26 heavy (non-hydrogen) atoms. The van der Waals surface area contributed by atoms with Crippen molar-refractivity contribution in [1.29, 1.82) is 0 Å². The lowest BCUT2D eigenvalue weighted by Crippen LogP contribution is -2.36. The molecule has 1 aromatic carbocycles. The molecule has 1 N–H and O–H groups in total. The van der Waals surface area contributed by atoms with E-state index in [-0.39, 0.29) is 11.6 Å². The summed E-state index contributed by atoms with van der Waals surface area (Å²) in [6.45, 7) is 0.890. The molecular formula is C19H22N4O2S. The summed E-state index contributed by atoms with van der Waals surface area (Å²) in [5, 5.41) is 16.0. The number of fused-ring (bicyclic) bond motifs is 1. The Labute approximate surface area is 155 Å². The van der Waals surface area contributed by atoms with Crippen molar-refractivity contribution >= 4 is 21.4 Å². The maximum Gasteiger partial charge on any atom is 0.275 e. The van der Waals surface area contributed by atoms with E-state index in [1.54, 1.807) is 0 Å². The van der Waals surface area contributed by atoms with Crippen LogP contribution in [0.5, 0.6) is 0 Å². The van der Waals surface area contributed by atoms with Gasteiger partial charge in [0, 0.05) is 24.8 Å². The van der Waals surface area contributed by atoms with Crippen molar-refractivity contribution in [3.05, 3.63) is 58.5 Å². The van der Waals surface area contributed by atoms with Crippen LogP contribution in [0.2, 0.25) is 0 Å². The van der Waals surface area contributed by atoms with Crippen molar-refractivity contribution in [3.63, 3.8) is 0 Å². The Kier molecular flexibility index (Phi) is 4.99. The lowest BCUT2D eigenvalue weighted by atomic mass is 9.98. The third-order valence-electron chi connectivity index (χ3n) is 4.96. The standard InChI is InChI=1S/C19H22N4O2S/c24-16(14-7-3-1-4-8-14)13-15-9-5-2-6-12-22(15)19-21-23-17(25)10-11-20-18(23)26-19/h1,3-4,7-8,10-11,15-16,24H,2,5-6,9,12-13H2. The average Bonchev–Trinajstić information content (AvgIpc) is 2.97. The van der Waals surface area contributed by atoms with Gasteiger partial charge < -0.3 is 10.0 Å². The second-order valence-corrected chi connectivity index (χ2v) is 7.66. The predicted octanol–water partition coefficient (Wildman–Crippen LogP) is 3.02. The zero-order valence-corrected chi connectivity index (χ0v) is 15.3. The lowest BCUT2D eigenvalue weighted by molar-refractivity contribution is 0.155. The summed E-state index contributed by atoms with van der Waals surface area (Å²) in [7, 11) is 0. The molecule has 0 spiro atoms. The van der Waals surface area contributed by atoms with Gasteiger partial charge in [0.2, 0.25) is 10.1 Å². The van der Waals surface area contributed by atoms with Gasteiger partial charge in [0.25, 0.3) is 5.56 Å². The van der Waals surface area contributed by atoms with E-state index in [0.29, 0.717) is 11.4 Å². The molecule has 0 amide bonds. The van der Waals surface area contributed by atoms with Crippen LogP contribution >= 0.6 is 11.3 Å². The van der Waals surface area contributed by atoms with E-state index in [2.05, 4.69) is 15.0 Å². The molecule has 2 aromatic heterocycles. The Morgan fingerprint density at radius 3 is 2.85 bits per heavy atom. The van der Waals surface area contributed by atoms with Crippen molar-refractivity contribution in [2.24, 2.45) is 0 Å². The Hall–Kier alpha value is -2.25. The first-order valence-electron chi connectivity index (χ1n) is 9.07. The lowest BCUT2D eigenvalue weighted by Gasteiger charge is -2.31. The molecule has 0 radical (unpaired) electrons. The van der Waals surface area contributed by atoms with E-state index >= 15 is 0 Å². The fourth-order valence-corrected chi connectivity index (χ4v) is 4.57. The third-order valence-corrected chi connectivity index (χ3v) is 5.92. The van der Waals surface area contributed by atoms with Crippen LogP contribution in [0.15, 0.2) is 47.4 Å². The molecule has 3 aromatic rings. The molecule has 6 nitrogen and oxygen atoms in total. The Morgan fingerprint density at radius 1 is 1.19 bits per heavy atom. The molecule has 0 saturated carbocycles. The maximum absolute atomic E-state index is 12.0. The van der Waals surface area contributed by atoms with Gasteiger partial charge >= 0.3 is 0 Å². The number of aromatic nitrogens is 3. The molecule has 4 rings (SSSR count). The van der Waals surface area contributed by atoms with Crippen LogP contribution in [0.1, 0.15) is 43.8 Å². The van der Waals surface area contributed by atoms with Crippen molar-refractivity contribution in [2.45, 2.75) is 44.2 Å². The molecule has 3 heterocycles. The molecule has 2 atom stereocenters. The fraction of sp³-hybridized carbons (Fsp3) is 0.421. The number of aliphatic hydroxyl groups is 1. The zero-order chi connectivity index (χ0) is 17.9. The summed E-state index contributed by atoms with van der Waals surface area (Å²) in [5.74, 6) is 0. The summed E-state index contributed by atoms with van der Waals surface area (Å²) in [6.07, 6.45) is 6.11. The topological polar surface area (TPSA) is 70.7 Å². The zero-order valence-electron chi connectivity index (χ0n) is 14.5. The van der Waals surface area contributed by atoms with E-state index in [1.165, 1.54) is 34.5 Å². The second kappa shape index (κ2) is 7.55. The number of rotatable bonds is 4. The molecule has 2 unspecified atom stereocenters. The minimum atomic E-state index is -0.503. The number of benzene rings is 1. The van der Waals surface area contributed by atoms with E-state index in [1.807, 2.05) is 30.3 Å². The Morgan fingerprint density at radius 2 is 2.04 bits per heavy atom. The molecule has 1 fully saturated rings. The van der Waals surface area contributed by atoms with Gasteiger partial charge in [-0.05, 0) is 24.8 Å². The normalized spacial score (nSPS) is 19.4. The van der Waals surface area contributed by atoms with Gasteiger partial charge in [0.1, 0.15) is 0 Å². The number of aliphatic hydroxyl groups excluding tert-OH is 1. The highest BCUT2D eigenvalue weighted by Crippen LogP contribution is 2.32. The fourth-order valence-electron chi connectivity index (χ4n) is 3.59. The maximum atomic E-state index is 12.0. The molecule has 136 valence electrons. The van der Waals surface area contributed by atoms with Crippen LogP contribution in [0.4, 0.5) is 5.13 Å². The summed E-state index contributed by atoms with van der Waals surface area (Å²) in [6, 6.07) is 11.4. The van der Waals surface area contributed by atoms with E-state index < -0.39 is 6.10 Å². The van der Waals surface area contributed by atoms with Crippen molar-refractivity contribution in [2.75, 3.05) is 11.4 Å². The van der Waals surface area contributed by atoms with E-state index in [0.717, 1.165) is 36.5 Å². The average molecular weight is 370 g/mol. The van der Waals surface area contributed by atoms with Gasteiger partial charge in [-0.15, -0.1) is 5.10 Å². The summed E-state index contributed by atoms with van der Waals surface area (Å²) in [5.41, 5.74) is 0.784. The van der Waals surface area contributed by atoms with Crippen LogP contribution in [0, 0.1) is 0 Å². The monoisotopic (exact) mass is 370 g/mol. The third kappa shape index (κ3) is 3.50. The van der Waals surface area contributed by atoms with Gasteiger partial charge in [-0.1, -0.05) is 54.5 Å². The minimum absolute atomic E-state index is 0.159. The molecule has 1 aliphatic heterocycles. The molecule has 0 bridgehead atoms. The summed E-state index contributed by atoms with van der Waals surface area (Å²) in [4.78, 5) is 19.1. The molecule has 1 saturated heterocycles. The van der Waals surface area contributed by atoms with Crippen molar-refractivity contribution in [1.82, 2.24) is 14.6 Å².